The van der Waals surface area contributed by atoms with Gasteiger partial charge in [-0.05, 0) is 96.2 Å². The van der Waals surface area contributed by atoms with Gasteiger partial charge in [0.25, 0.3) is 0 Å². The van der Waals surface area contributed by atoms with Gasteiger partial charge < -0.3 is 5.11 Å². The Labute approximate surface area is 127 Å². The van der Waals surface area contributed by atoms with Gasteiger partial charge in [0, 0.05) is 4.88 Å². The molecule has 3 heteroatoms. The molecule has 1 aromatic rings. The largest absolute Gasteiger partial charge is 0.387 e. The molecule has 104 valence electrons. The molecule has 0 spiro atoms. The first-order valence-electron chi connectivity index (χ1n) is 7.55. The second kappa shape index (κ2) is 4.57. The molecule has 1 nitrogen and oxygen atoms in total. The third-order valence-electron chi connectivity index (χ3n) is 5.83. The molecule has 4 fully saturated rings. The van der Waals surface area contributed by atoms with E-state index in [1.54, 1.807) is 11.3 Å². The van der Waals surface area contributed by atoms with Gasteiger partial charge in [0.1, 0.15) is 0 Å². The number of aliphatic hydroxyl groups excluding tert-OH is 1. The summed E-state index contributed by atoms with van der Waals surface area (Å²) < 4.78 is 1.19. The van der Waals surface area contributed by atoms with Gasteiger partial charge in [0.2, 0.25) is 0 Å². The molecule has 4 aliphatic carbocycles. The molecule has 1 atom stereocenters. The van der Waals surface area contributed by atoms with Crippen LogP contribution in [0.1, 0.15) is 48.6 Å². The Morgan fingerprint density at radius 2 is 1.74 bits per heavy atom. The molecule has 0 saturated heterocycles. The monoisotopic (exact) mass is 340 g/mol. The zero-order chi connectivity index (χ0) is 13.1. The van der Waals surface area contributed by atoms with Crippen LogP contribution in [0.25, 0.3) is 0 Å². The van der Waals surface area contributed by atoms with Gasteiger partial charge in [-0.15, -0.1) is 11.3 Å². The predicted molar refractivity (Wildman–Crippen MR) is 82.3 cm³/mol. The Morgan fingerprint density at radius 3 is 2.21 bits per heavy atom. The van der Waals surface area contributed by atoms with E-state index in [4.69, 9.17) is 0 Å². The van der Waals surface area contributed by atoms with E-state index < -0.39 is 0 Å². The van der Waals surface area contributed by atoms with Crippen molar-refractivity contribution in [3.63, 3.8) is 0 Å². The highest BCUT2D eigenvalue weighted by Crippen LogP contribution is 2.59. The summed E-state index contributed by atoms with van der Waals surface area (Å²) in [7, 11) is 0. The maximum atomic E-state index is 10.9. The second-order valence-corrected chi connectivity index (χ2v) is 9.46. The van der Waals surface area contributed by atoms with E-state index in [2.05, 4.69) is 28.9 Å². The average molecular weight is 341 g/mol. The molecule has 5 rings (SSSR count). The van der Waals surface area contributed by atoms with Gasteiger partial charge in [-0.2, -0.15) is 0 Å². The summed E-state index contributed by atoms with van der Waals surface area (Å²) in [6, 6.07) is 2.19. The number of thiophene rings is 1. The Morgan fingerprint density at radius 1 is 1.16 bits per heavy atom. The van der Waals surface area contributed by atoms with E-state index in [1.165, 1.54) is 46.3 Å². The molecule has 1 unspecified atom stereocenters. The summed E-state index contributed by atoms with van der Waals surface area (Å²) in [6.07, 6.45) is 6.82. The van der Waals surface area contributed by atoms with Crippen LogP contribution in [0.4, 0.5) is 0 Å². The quantitative estimate of drug-likeness (QED) is 0.809. The first-order chi connectivity index (χ1) is 9.11. The Hall–Kier alpha value is 0.140. The van der Waals surface area contributed by atoms with Crippen molar-refractivity contribution in [3.8, 4) is 0 Å². The minimum Gasteiger partial charge on any atom is -0.387 e. The van der Waals surface area contributed by atoms with Crippen molar-refractivity contribution in [1.29, 1.82) is 0 Å². The topological polar surface area (TPSA) is 20.2 Å². The SMILES string of the molecule is Cc1cc(C(O)C2C3CC4CC(C3)CC2C4)sc1Br. The van der Waals surface area contributed by atoms with Gasteiger partial charge in [-0.3, -0.25) is 0 Å². The molecule has 0 aromatic carbocycles. The van der Waals surface area contributed by atoms with Crippen molar-refractivity contribution >= 4 is 27.3 Å². The number of hydrogen-bond acceptors (Lipinski definition) is 2. The first-order valence-corrected chi connectivity index (χ1v) is 9.16. The molecule has 19 heavy (non-hydrogen) atoms. The van der Waals surface area contributed by atoms with E-state index >= 15 is 0 Å². The third-order valence-corrected chi connectivity index (χ3v) is 8.04. The zero-order valence-corrected chi connectivity index (χ0v) is 13.7. The van der Waals surface area contributed by atoms with Crippen molar-refractivity contribution < 1.29 is 5.11 Å². The van der Waals surface area contributed by atoms with E-state index in [0.717, 1.165) is 23.7 Å². The number of hydrogen-bond donors (Lipinski definition) is 1. The fraction of sp³-hybridized carbons (Fsp3) is 0.750. The lowest BCUT2D eigenvalue weighted by Crippen LogP contribution is -2.47. The van der Waals surface area contributed by atoms with Crippen LogP contribution in [0.3, 0.4) is 0 Å². The number of aliphatic hydroxyl groups is 1. The molecule has 1 aromatic heterocycles. The molecule has 0 amide bonds. The normalized spacial score (nSPS) is 41.7. The Balaban J connectivity index is 1.61. The van der Waals surface area contributed by atoms with Crippen LogP contribution in [0.2, 0.25) is 0 Å². The Bertz CT molecular complexity index is 447. The average Bonchev–Trinajstić information content (AvgIpc) is 2.68. The fourth-order valence-corrected chi connectivity index (χ4v) is 6.92. The van der Waals surface area contributed by atoms with Crippen LogP contribution >= 0.6 is 27.3 Å². The van der Waals surface area contributed by atoms with Crippen LogP contribution in [0.5, 0.6) is 0 Å². The predicted octanol–water partition coefficient (Wildman–Crippen LogP) is 4.92. The summed E-state index contributed by atoms with van der Waals surface area (Å²) >= 11 is 5.33. The highest BCUT2D eigenvalue weighted by atomic mass is 79.9. The summed E-state index contributed by atoms with van der Waals surface area (Å²) in [5.41, 5.74) is 1.27. The van der Waals surface area contributed by atoms with E-state index in [-0.39, 0.29) is 6.10 Å². The molecule has 4 aliphatic rings. The highest BCUT2D eigenvalue weighted by molar-refractivity contribution is 9.11. The zero-order valence-electron chi connectivity index (χ0n) is 11.3. The lowest BCUT2D eigenvalue weighted by molar-refractivity contribution is -0.0898. The lowest BCUT2D eigenvalue weighted by atomic mass is 9.51. The number of rotatable bonds is 2. The van der Waals surface area contributed by atoms with Crippen molar-refractivity contribution in [2.24, 2.45) is 29.6 Å². The third kappa shape index (κ3) is 2.04. The number of halogens is 1. The molecule has 4 saturated carbocycles. The van der Waals surface area contributed by atoms with Crippen LogP contribution in [0.15, 0.2) is 9.85 Å². The highest BCUT2D eigenvalue weighted by Gasteiger charge is 2.50. The lowest BCUT2D eigenvalue weighted by Gasteiger charge is -2.55. The smallest absolute Gasteiger partial charge is 0.0915 e. The van der Waals surface area contributed by atoms with E-state index in [0.29, 0.717) is 5.92 Å². The van der Waals surface area contributed by atoms with Gasteiger partial charge in [-0.25, -0.2) is 0 Å². The molecule has 4 bridgehead atoms. The van der Waals surface area contributed by atoms with Gasteiger partial charge in [0.05, 0.1) is 9.89 Å². The molecule has 1 heterocycles. The van der Waals surface area contributed by atoms with Crippen LogP contribution in [-0.2, 0) is 0 Å². The number of aryl methyl sites for hydroxylation is 1. The van der Waals surface area contributed by atoms with Crippen molar-refractivity contribution in [2.75, 3.05) is 0 Å². The van der Waals surface area contributed by atoms with Crippen molar-refractivity contribution in [1.82, 2.24) is 0 Å². The van der Waals surface area contributed by atoms with Crippen LogP contribution in [-0.4, -0.2) is 5.11 Å². The Kier molecular flexibility index (Phi) is 3.09. The minimum absolute atomic E-state index is 0.218. The molecule has 0 aliphatic heterocycles. The molecular formula is C16H21BrOS. The van der Waals surface area contributed by atoms with Gasteiger partial charge >= 0.3 is 0 Å². The molecular weight excluding hydrogens is 320 g/mol. The molecule has 1 N–H and O–H groups in total. The maximum Gasteiger partial charge on any atom is 0.0915 e. The maximum absolute atomic E-state index is 10.9. The fourth-order valence-electron chi connectivity index (χ4n) is 5.30. The summed E-state index contributed by atoms with van der Waals surface area (Å²) in [4.78, 5) is 1.18. The van der Waals surface area contributed by atoms with E-state index in [1.807, 2.05) is 0 Å². The summed E-state index contributed by atoms with van der Waals surface area (Å²) in [6.45, 7) is 2.12. The van der Waals surface area contributed by atoms with Crippen molar-refractivity contribution in [2.45, 2.75) is 45.1 Å². The van der Waals surface area contributed by atoms with Crippen LogP contribution in [0, 0.1) is 36.5 Å². The van der Waals surface area contributed by atoms with Crippen LogP contribution < -0.4 is 0 Å². The van der Waals surface area contributed by atoms with Gasteiger partial charge in [-0.1, -0.05) is 0 Å². The van der Waals surface area contributed by atoms with Gasteiger partial charge in [0.15, 0.2) is 0 Å². The minimum atomic E-state index is -0.218. The standard InChI is InChI=1S/C16H21BrOS/c1-8-2-13(19-16(8)17)15(18)14-11-4-9-3-10(6-11)7-12(14)5-9/h2,9-12,14-15,18H,3-7H2,1H3. The second-order valence-electron chi connectivity index (χ2n) is 7.06. The van der Waals surface area contributed by atoms with E-state index in [9.17, 15) is 5.11 Å². The van der Waals surface area contributed by atoms with Crippen molar-refractivity contribution in [3.05, 3.63) is 20.3 Å². The summed E-state index contributed by atoms with van der Waals surface area (Å²) in [5, 5.41) is 10.9. The molecule has 0 radical (unpaired) electrons. The first kappa shape index (κ1) is 12.8. The summed E-state index contributed by atoms with van der Waals surface area (Å²) in [5.74, 6) is 4.11.